The third-order valence-electron chi connectivity index (χ3n) is 5.10. The Morgan fingerprint density at radius 3 is 2.89 bits per heavy atom. The first-order valence-corrected chi connectivity index (χ1v) is 11.3. The summed E-state index contributed by atoms with van der Waals surface area (Å²) in [6.07, 6.45) is 5.70. The molecule has 3 rings (SSSR count). The van der Waals surface area contributed by atoms with Gasteiger partial charge >= 0.3 is 0 Å². The normalized spacial score (nSPS) is 20.7. The van der Waals surface area contributed by atoms with Crippen molar-refractivity contribution in [3.05, 3.63) is 29.8 Å². The van der Waals surface area contributed by atoms with Crippen LogP contribution in [-0.4, -0.2) is 36.8 Å². The minimum atomic E-state index is -0.224. The lowest BCUT2D eigenvalue weighted by Crippen LogP contribution is -2.50. The number of amides is 2. The number of nitrogens with one attached hydrogen (secondary N) is 3. The molecule has 0 aromatic heterocycles. The summed E-state index contributed by atoms with van der Waals surface area (Å²) in [6, 6.07) is 8.38. The van der Waals surface area contributed by atoms with Crippen molar-refractivity contribution in [2.75, 3.05) is 18.9 Å². The Hall–Kier alpha value is -1.57. The van der Waals surface area contributed by atoms with Gasteiger partial charge in [0, 0.05) is 18.2 Å². The monoisotopic (exact) mass is 405 g/mol. The summed E-state index contributed by atoms with van der Waals surface area (Å²) in [5.74, 6) is 2.38. The first kappa shape index (κ1) is 21.1. The molecular formula is C21H31N3O3S. The molecule has 2 aliphatic rings. The summed E-state index contributed by atoms with van der Waals surface area (Å²) >= 11 is 1.73. The molecule has 1 aliphatic carbocycles. The molecule has 1 heterocycles. The van der Waals surface area contributed by atoms with Crippen LogP contribution in [0, 0.1) is 5.92 Å². The number of piperidine rings is 1. The zero-order valence-corrected chi connectivity index (χ0v) is 17.4. The van der Waals surface area contributed by atoms with Gasteiger partial charge in [-0.15, -0.1) is 0 Å². The van der Waals surface area contributed by atoms with Gasteiger partial charge in [0.05, 0.1) is 12.6 Å². The minimum absolute atomic E-state index is 0.167. The van der Waals surface area contributed by atoms with Gasteiger partial charge < -0.3 is 10.1 Å². The summed E-state index contributed by atoms with van der Waals surface area (Å²) in [5.41, 5.74) is 1.24. The number of hydrogen-bond donors (Lipinski definition) is 3. The Kier molecular flexibility index (Phi) is 8.18. The van der Waals surface area contributed by atoms with E-state index in [9.17, 15) is 9.59 Å². The van der Waals surface area contributed by atoms with E-state index >= 15 is 0 Å². The number of ether oxygens (including phenoxy) is 1. The molecule has 0 spiro atoms. The predicted octanol–water partition coefficient (Wildman–Crippen LogP) is 2.95. The van der Waals surface area contributed by atoms with Gasteiger partial charge in [-0.1, -0.05) is 24.1 Å². The van der Waals surface area contributed by atoms with E-state index in [2.05, 4.69) is 40.5 Å². The van der Waals surface area contributed by atoms with Crippen molar-refractivity contribution in [1.82, 2.24) is 15.4 Å². The van der Waals surface area contributed by atoms with E-state index in [4.69, 9.17) is 4.74 Å². The minimum Gasteiger partial charge on any atom is -0.493 e. The summed E-state index contributed by atoms with van der Waals surface area (Å²) in [7, 11) is 0. The maximum absolute atomic E-state index is 11.7. The Bertz CT molecular complexity index is 666. The molecule has 2 unspecified atom stereocenters. The Morgan fingerprint density at radius 2 is 2.11 bits per heavy atom. The number of unbranched alkanes of at least 4 members (excludes halogenated alkanes) is 1. The first-order valence-electron chi connectivity index (χ1n) is 10.3. The second-order valence-corrected chi connectivity index (χ2v) is 8.61. The highest BCUT2D eigenvalue weighted by molar-refractivity contribution is 7.97. The molecule has 3 N–H and O–H groups in total. The number of rotatable bonds is 12. The molecule has 0 radical (unpaired) electrons. The second-order valence-electron chi connectivity index (χ2n) is 7.68. The second kappa shape index (κ2) is 10.8. The maximum Gasteiger partial charge on any atom is 0.243 e. The molecule has 2 amide bonds. The van der Waals surface area contributed by atoms with Crippen LogP contribution in [0.1, 0.15) is 57.1 Å². The Labute approximate surface area is 171 Å². The molecule has 1 aromatic rings. The number of carbonyl (C=O) groups is 2. The van der Waals surface area contributed by atoms with Crippen molar-refractivity contribution in [3.8, 4) is 5.75 Å². The van der Waals surface area contributed by atoms with Gasteiger partial charge in [-0.3, -0.25) is 19.6 Å². The van der Waals surface area contributed by atoms with E-state index in [0.29, 0.717) is 12.8 Å². The molecule has 1 saturated heterocycles. The molecular weight excluding hydrogens is 374 g/mol. The molecule has 1 saturated carbocycles. The average molecular weight is 406 g/mol. The zero-order chi connectivity index (χ0) is 19.8. The summed E-state index contributed by atoms with van der Waals surface area (Å²) < 4.78 is 9.36. The van der Waals surface area contributed by atoms with Crippen LogP contribution in [0.5, 0.6) is 5.75 Å². The molecule has 154 valence electrons. The van der Waals surface area contributed by atoms with Crippen LogP contribution in [0.25, 0.3) is 0 Å². The van der Waals surface area contributed by atoms with Crippen LogP contribution >= 0.6 is 11.9 Å². The summed E-state index contributed by atoms with van der Waals surface area (Å²) in [6.45, 7) is 3.80. The molecule has 6 nitrogen and oxygen atoms in total. The van der Waals surface area contributed by atoms with E-state index < -0.39 is 0 Å². The van der Waals surface area contributed by atoms with Gasteiger partial charge in [-0.2, -0.15) is 0 Å². The average Bonchev–Trinajstić information content (AvgIpc) is 3.51. The zero-order valence-electron chi connectivity index (χ0n) is 16.5. The van der Waals surface area contributed by atoms with Gasteiger partial charge in [0.2, 0.25) is 11.8 Å². The lowest BCUT2D eigenvalue weighted by atomic mass is 10.1. The van der Waals surface area contributed by atoms with E-state index in [1.54, 1.807) is 11.9 Å². The summed E-state index contributed by atoms with van der Waals surface area (Å²) in [5, 5.41) is 5.62. The van der Waals surface area contributed by atoms with Crippen LogP contribution in [-0.2, 0) is 9.59 Å². The number of imide groups is 1. The molecule has 2 fully saturated rings. The van der Waals surface area contributed by atoms with E-state index in [1.165, 1.54) is 18.4 Å². The molecule has 7 heteroatoms. The van der Waals surface area contributed by atoms with Crippen LogP contribution in [0.2, 0.25) is 0 Å². The third kappa shape index (κ3) is 7.11. The van der Waals surface area contributed by atoms with Crippen LogP contribution in [0.15, 0.2) is 24.3 Å². The SMILES string of the molecule is CC(NSCCCCNC1CCC(=O)NC1=O)c1cccc(OCC2CC2)c1. The fourth-order valence-electron chi connectivity index (χ4n) is 3.09. The Morgan fingerprint density at radius 1 is 1.25 bits per heavy atom. The first-order chi connectivity index (χ1) is 13.6. The molecule has 28 heavy (non-hydrogen) atoms. The standard InChI is InChI=1S/C21H31N3O3S/c1-15(17-5-4-6-18(13-17)27-14-16-7-8-16)24-28-12-3-2-11-22-19-9-10-20(25)23-21(19)26/h4-6,13,15-16,19,22,24H,2-3,7-12,14H2,1H3,(H,23,25,26). The van der Waals surface area contributed by atoms with Crippen LogP contribution in [0.4, 0.5) is 0 Å². The summed E-state index contributed by atoms with van der Waals surface area (Å²) in [4.78, 5) is 22.8. The number of carbonyl (C=O) groups excluding carboxylic acids is 2. The molecule has 1 aromatic carbocycles. The van der Waals surface area contributed by atoms with Gasteiger partial charge in [0.25, 0.3) is 0 Å². The fourth-order valence-corrected chi connectivity index (χ4v) is 3.94. The molecule has 0 bridgehead atoms. The predicted molar refractivity (Wildman–Crippen MR) is 112 cm³/mol. The van der Waals surface area contributed by atoms with Crippen molar-refractivity contribution in [1.29, 1.82) is 0 Å². The van der Waals surface area contributed by atoms with Gasteiger partial charge in [0.15, 0.2) is 0 Å². The number of hydrogen-bond acceptors (Lipinski definition) is 6. The topological polar surface area (TPSA) is 79.5 Å². The van der Waals surface area contributed by atoms with Crippen molar-refractivity contribution >= 4 is 23.8 Å². The van der Waals surface area contributed by atoms with Crippen molar-refractivity contribution < 1.29 is 14.3 Å². The van der Waals surface area contributed by atoms with Crippen LogP contribution in [0.3, 0.4) is 0 Å². The van der Waals surface area contributed by atoms with Gasteiger partial charge in [-0.05, 0) is 69.2 Å². The van der Waals surface area contributed by atoms with Gasteiger partial charge in [-0.25, -0.2) is 0 Å². The van der Waals surface area contributed by atoms with Crippen molar-refractivity contribution in [2.45, 2.75) is 57.5 Å². The van der Waals surface area contributed by atoms with E-state index in [0.717, 1.165) is 43.4 Å². The quantitative estimate of drug-likeness (QED) is 0.282. The maximum atomic E-state index is 11.7. The number of benzene rings is 1. The highest BCUT2D eigenvalue weighted by atomic mass is 32.2. The highest BCUT2D eigenvalue weighted by Gasteiger charge is 2.25. The Balaban J connectivity index is 1.25. The lowest BCUT2D eigenvalue weighted by Gasteiger charge is -2.21. The van der Waals surface area contributed by atoms with Crippen molar-refractivity contribution in [3.63, 3.8) is 0 Å². The van der Waals surface area contributed by atoms with E-state index in [1.807, 2.05) is 6.07 Å². The fraction of sp³-hybridized carbons (Fsp3) is 0.619. The van der Waals surface area contributed by atoms with Crippen molar-refractivity contribution in [2.24, 2.45) is 5.92 Å². The molecule has 2 atom stereocenters. The highest BCUT2D eigenvalue weighted by Crippen LogP contribution is 2.30. The lowest BCUT2D eigenvalue weighted by molar-refractivity contribution is -0.134. The smallest absolute Gasteiger partial charge is 0.243 e. The molecule has 1 aliphatic heterocycles. The van der Waals surface area contributed by atoms with Gasteiger partial charge in [0.1, 0.15) is 5.75 Å². The van der Waals surface area contributed by atoms with Crippen LogP contribution < -0.4 is 20.1 Å². The van der Waals surface area contributed by atoms with E-state index in [-0.39, 0.29) is 23.9 Å². The largest absolute Gasteiger partial charge is 0.493 e. The third-order valence-corrected chi connectivity index (χ3v) is 6.12.